The molecule has 0 saturated carbocycles. The van der Waals surface area contributed by atoms with E-state index in [0.29, 0.717) is 12.8 Å². The molecule has 5 heteroatoms. The minimum Gasteiger partial charge on any atom is -0.469 e. The Morgan fingerprint density at radius 3 is 2.69 bits per heavy atom. The molecule has 3 nitrogen and oxygen atoms in total. The minimum absolute atomic E-state index is 0.0396. The molecule has 0 radical (unpaired) electrons. The molecular formula is C11H15Br2NO2. The summed E-state index contributed by atoms with van der Waals surface area (Å²) in [6, 6.07) is 3.70. The second-order valence-corrected chi connectivity index (χ2v) is 5.08. The highest BCUT2D eigenvalue weighted by Crippen LogP contribution is 2.12. The van der Waals surface area contributed by atoms with Crippen molar-refractivity contribution in [2.75, 3.05) is 10.7 Å². The van der Waals surface area contributed by atoms with E-state index in [9.17, 15) is 4.79 Å². The van der Waals surface area contributed by atoms with Crippen LogP contribution in [0.25, 0.3) is 0 Å². The van der Waals surface area contributed by atoms with Crippen molar-refractivity contribution in [3.8, 4) is 0 Å². The van der Waals surface area contributed by atoms with Crippen molar-refractivity contribution in [1.29, 1.82) is 0 Å². The van der Waals surface area contributed by atoms with E-state index in [4.69, 9.17) is 4.42 Å². The maximum absolute atomic E-state index is 11.7. The smallest absolute Gasteiger partial charge is 0.220 e. The molecule has 1 aromatic heterocycles. The zero-order valence-electron chi connectivity index (χ0n) is 9.13. The summed E-state index contributed by atoms with van der Waals surface area (Å²) in [6.45, 7) is 1.99. The normalized spacial score (nSPS) is 11.4. The second kappa shape index (κ2) is 6.45. The van der Waals surface area contributed by atoms with E-state index in [2.05, 4.69) is 37.2 Å². The third kappa shape index (κ3) is 4.29. The highest BCUT2D eigenvalue weighted by molar-refractivity contribution is 9.09. The zero-order valence-corrected chi connectivity index (χ0v) is 12.3. The van der Waals surface area contributed by atoms with Gasteiger partial charge in [-0.1, -0.05) is 31.9 Å². The third-order valence-electron chi connectivity index (χ3n) is 2.21. The van der Waals surface area contributed by atoms with Crippen LogP contribution in [0.4, 0.5) is 0 Å². The summed E-state index contributed by atoms with van der Waals surface area (Å²) >= 11 is 6.77. The highest BCUT2D eigenvalue weighted by atomic mass is 79.9. The third-order valence-corrected chi connectivity index (χ3v) is 4.68. The Kier molecular flexibility index (Phi) is 5.55. The molecule has 90 valence electrons. The number of rotatable bonds is 6. The van der Waals surface area contributed by atoms with E-state index < -0.39 is 0 Å². The Bertz CT molecular complexity index is 321. The van der Waals surface area contributed by atoms with Gasteiger partial charge in [-0.05, 0) is 19.1 Å². The Balaban J connectivity index is 2.36. The molecule has 1 heterocycles. The van der Waals surface area contributed by atoms with Gasteiger partial charge in [-0.2, -0.15) is 0 Å². The van der Waals surface area contributed by atoms with Crippen molar-refractivity contribution < 1.29 is 9.21 Å². The summed E-state index contributed by atoms with van der Waals surface area (Å²) in [5.74, 6) is 0.882. The lowest BCUT2D eigenvalue weighted by atomic mass is 10.1. The molecule has 0 aromatic carbocycles. The van der Waals surface area contributed by atoms with Crippen molar-refractivity contribution in [2.24, 2.45) is 0 Å². The number of carbonyl (C=O) groups excluding carboxylic acids is 1. The Morgan fingerprint density at radius 1 is 1.50 bits per heavy atom. The van der Waals surface area contributed by atoms with Crippen LogP contribution < -0.4 is 5.32 Å². The van der Waals surface area contributed by atoms with Gasteiger partial charge in [-0.3, -0.25) is 4.79 Å². The zero-order chi connectivity index (χ0) is 12.0. The van der Waals surface area contributed by atoms with E-state index >= 15 is 0 Å². The SMILES string of the molecule is CC(CBr)(CBr)NC(=O)CCc1ccco1. The average Bonchev–Trinajstić information content (AvgIpc) is 2.79. The molecule has 1 amide bonds. The summed E-state index contributed by atoms with van der Waals surface area (Å²) in [4.78, 5) is 11.7. The van der Waals surface area contributed by atoms with Gasteiger partial charge in [0.15, 0.2) is 0 Å². The van der Waals surface area contributed by atoms with Gasteiger partial charge in [-0.25, -0.2) is 0 Å². The van der Waals surface area contributed by atoms with Gasteiger partial charge in [0.1, 0.15) is 5.76 Å². The first-order chi connectivity index (χ1) is 7.59. The quantitative estimate of drug-likeness (QED) is 0.800. The van der Waals surface area contributed by atoms with Crippen molar-refractivity contribution in [1.82, 2.24) is 5.32 Å². The van der Waals surface area contributed by atoms with Gasteiger partial charge in [-0.15, -0.1) is 0 Å². The number of nitrogens with one attached hydrogen (secondary N) is 1. The lowest BCUT2D eigenvalue weighted by Crippen LogP contribution is -2.49. The summed E-state index contributed by atoms with van der Waals surface area (Å²) in [7, 11) is 0. The fourth-order valence-corrected chi connectivity index (χ4v) is 2.40. The monoisotopic (exact) mass is 351 g/mol. The van der Waals surface area contributed by atoms with Crippen LogP contribution in [0.1, 0.15) is 19.1 Å². The van der Waals surface area contributed by atoms with Crippen LogP contribution in [-0.2, 0) is 11.2 Å². The summed E-state index contributed by atoms with van der Waals surface area (Å²) in [5.41, 5.74) is -0.236. The van der Waals surface area contributed by atoms with Crippen molar-refractivity contribution in [3.05, 3.63) is 24.2 Å². The Morgan fingerprint density at radius 2 is 2.19 bits per heavy atom. The molecule has 0 spiro atoms. The van der Waals surface area contributed by atoms with Crippen LogP contribution in [-0.4, -0.2) is 22.1 Å². The first-order valence-corrected chi connectivity index (χ1v) is 7.29. The molecule has 0 aliphatic heterocycles. The van der Waals surface area contributed by atoms with E-state index in [-0.39, 0.29) is 11.4 Å². The van der Waals surface area contributed by atoms with Gasteiger partial charge < -0.3 is 9.73 Å². The Labute approximate surface area is 112 Å². The van der Waals surface area contributed by atoms with Crippen molar-refractivity contribution in [3.63, 3.8) is 0 Å². The molecule has 0 bridgehead atoms. The molecule has 1 rings (SSSR count). The van der Waals surface area contributed by atoms with Gasteiger partial charge in [0.05, 0.1) is 11.8 Å². The van der Waals surface area contributed by atoms with Crippen molar-refractivity contribution >= 4 is 37.8 Å². The maximum atomic E-state index is 11.7. The van der Waals surface area contributed by atoms with Crippen LogP contribution in [0.5, 0.6) is 0 Å². The predicted octanol–water partition coefficient (Wildman–Crippen LogP) is 2.88. The lowest BCUT2D eigenvalue weighted by molar-refractivity contribution is -0.122. The number of alkyl halides is 2. The van der Waals surface area contributed by atoms with Crippen LogP contribution in [0.3, 0.4) is 0 Å². The minimum atomic E-state index is -0.236. The van der Waals surface area contributed by atoms with Gasteiger partial charge in [0.25, 0.3) is 0 Å². The number of halogens is 2. The molecule has 0 aliphatic carbocycles. The topological polar surface area (TPSA) is 42.2 Å². The second-order valence-electron chi connectivity index (χ2n) is 3.96. The fraction of sp³-hybridized carbons (Fsp3) is 0.545. The van der Waals surface area contributed by atoms with E-state index in [1.807, 2.05) is 19.1 Å². The molecule has 1 aromatic rings. The van der Waals surface area contributed by atoms with E-state index in [1.54, 1.807) is 6.26 Å². The number of aryl methyl sites for hydroxylation is 1. The first-order valence-electron chi connectivity index (χ1n) is 5.05. The highest BCUT2D eigenvalue weighted by Gasteiger charge is 2.23. The standard InChI is InChI=1S/C11H15Br2NO2/c1-11(7-12,8-13)14-10(15)5-4-9-3-2-6-16-9/h2-3,6H,4-5,7-8H2,1H3,(H,14,15). The van der Waals surface area contributed by atoms with Crippen LogP contribution in [0.15, 0.2) is 22.8 Å². The Hall–Kier alpha value is -0.290. The van der Waals surface area contributed by atoms with Crippen LogP contribution >= 0.6 is 31.9 Å². The summed E-state index contributed by atoms with van der Waals surface area (Å²) in [6.07, 6.45) is 2.71. The first kappa shape index (κ1) is 13.8. The number of furan rings is 1. The summed E-state index contributed by atoms with van der Waals surface area (Å²) < 4.78 is 5.17. The molecule has 16 heavy (non-hydrogen) atoms. The molecule has 0 fully saturated rings. The molecule has 0 aliphatic rings. The van der Waals surface area contributed by atoms with Gasteiger partial charge >= 0.3 is 0 Å². The molecule has 0 unspecified atom stereocenters. The maximum Gasteiger partial charge on any atom is 0.220 e. The number of hydrogen-bond donors (Lipinski definition) is 1. The molecule has 0 atom stereocenters. The van der Waals surface area contributed by atoms with Crippen molar-refractivity contribution in [2.45, 2.75) is 25.3 Å². The largest absolute Gasteiger partial charge is 0.469 e. The van der Waals surface area contributed by atoms with E-state index in [0.717, 1.165) is 16.4 Å². The molecule has 1 N–H and O–H groups in total. The molecule has 0 saturated heterocycles. The lowest BCUT2D eigenvalue weighted by Gasteiger charge is -2.26. The van der Waals surface area contributed by atoms with E-state index in [1.165, 1.54) is 0 Å². The predicted molar refractivity (Wildman–Crippen MR) is 71.2 cm³/mol. The summed E-state index contributed by atoms with van der Waals surface area (Å²) in [5, 5.41) is 4.42. The van der Waals surface area contributed by atoms with Crippen LogP contribution in [0.2, 0.25) is 0 Å². The number of amides is 1. The molecular weight excluding hydrogens is 338 g/mol. The number of carbonyl (C=O) groups is 1. The van der Waals surface area contributed by atoms with Crippen LogP contribution in [0, 0.1) is 0 Å². The fourth-order valence-electron chi connectivity index (χ4n) is 1.19. The van der Waals surface area contributed by atoms with Gasteiger partial charge in [0.2, 0.25) is 5.91 Å². The number of hydrogen-bond acceptors (Lipinski definition) is 2. The average molecular weight is 353 g/mol. The van der Waals surface area contributed by atoms with Gasteiger partial charge in [0, 0.05) is 23.5 Å².